The molecular weight excluding hydrogens is 370 g/mol. The third-order valence-corrected chi connectivity index (χ3v) is 8.36. The van der Waals surface area contributed by atoms with Crippen LogP contribution in [0.3, 0.4) is 0 Å². The van der Waals surface area contributed by atoms with E-state index in [1.165, 1.54) is 69.8 Å². The molecule has 1 N–H and O–H groups in total. The van der Waals surface area contributed by atoms with Crippen LogP contribution in [0.2, 0.25) is 0 Å². The largest absolute Gasteiger partial charge is 0.341 e. The highest BCUT2D eigenvalue weighted by atomic mass is 31.2. The summed E-state index contributed by atoms with van der Waals surface area (Å²) in [5.74, 6) is 0. The summed E-state index contributed by atoms with van der Waals surface area (Å²) in [4.78, 5) is 5.57. The minimum Gasteiger partial charge on any atom is -0.341 e. The van der Waals surface area contributed by atoms with E-state index in [4.69, 9.17) is 4.99 Å². The third-order valence-electron chi connectivity index (χ3n) is 6.06. The van der Waals surface area contributed by atoms with E-state index < -0.39 is 7.14 Å². The van der Waals surface area contributed by atoms with Gasteiger partial charge in [-0.2, -0.15) is 0 Å². The quantitative estimate of drug-likeness (QED) is 0.335. The van der Waals surface area contributed by atoms with Crippen molar-refractivity contribution in [2.24, 2.45) is 4.99 Å². The normalized spacial score (nSPS) is 19.8. The molecule has 29 heavy (non-hydrogen) atoms. The minimum absolute atomic E-state index is 0.00342. The monoisotopic (exact) mass is 406 g/mol. The Morgan fingerprint density at radius 2 is 1.21 bits per heavy atom. The molecule has 2 saturated carbocycles. The van der Waals surface area contributed by atoms with Crippen molar-refractivity contribution < 1.29 is 0 Å². The fourth-order valence-corrected chi connectivity index (χ4v) is 6.84. The zero-order valence-corrected chi connectivity index (χ0v) is 17.8. The molecule has 0 radical (unpaired) electrons. The lowest BCUT2D eigenvalue weighted by atomic mass is 9.95. The smallest absolute Gasteiger partial charge is 0.210 e. The fourth-order valence-electron chi connectivity index (χ4n) is 4.52. The first kappa shape index (κ1) is 20.7. The van der Waals surface area contributed by atoms with Crippen molar-refractivity contribution in [3.05, 3.63) is 60.7 Å². The number of rotatable bonds is 5. The van der Waals surface area contributed by atoms with Crippen LogP contribution in [0.15, 0.2) is 65.7 Å². The number of nitrogens with zero attached hydrogens (tertiary/aromatic N) is 1. The van der Waals surface area contributed by atoms with Gasteiger partial charge in [-0.25, -0.2) is 4.99 Å². The standard InChI is InChI=1S/C25H36BN2P/c26-29(23-17-9-3-10-18-23,24-19-11-4-12-20-24)25(27-21-13-5-1-6-14-21)28-22-15-7-2-8-16-22/h3-4,9-12,17-22H,1-2,5-8,13-16H2,26H3,(H,27,28). The second kappa shape index (κ2) is 9.94. The maximum absolute atomic E-state index is 5.57. The molecule has 0 spiro atoms. The molecule has 2 aliphatic rings. The van der Waals surface area contributed by atoms with Gasteiger partial charge in [-0.15, -0.1) is 0 Å². The van der Waals surface area contributed by atoms with Crippen molar-refractivity contribution in [2.75, 3.05) is 0 Å². The molecule has 0 saturated heterocycles. The van der Waals surface area contributed by atoms with Crippen molar-refractivity contribution in [3.63, 3.8) is 0 Å². The highest BCUT2D eigenvalue weighted by Gasteiger charge is 2.39. The van der Waals surface area contributed by atoms with Crippen LogP contribution in [0.4, 0.5) is 0 Å². The van der Waals surface area contributed by atoms with Gasteiger partial charge in [0, 0.05) is 6.04 Å². The molecular formula is C25H36BN2P. The number of nitrogens with one attached hydrogen (secondary N) is 1. The Balaban J connectivity index is 1.77. The molecule has 0 unspecified atom stereocenters. The van der Waals surface area contributed by atoms with Crippen molar-refractivity contribution >= 4 is 30.9 Å². The van der Waals surface area contributed by atoms with Crippen LogP contribution < -0.4 is 15.9 Å². The summed E-state index contributed by atoms with van der Waals surface area (Å²) in [5.41, 5.74) is 1.41. The molecule has 154 valence electrons. The average molecular weight is 406 g/mol. The number of hydrogen-bond acceptors (Lipinski definition) is 1. The summed E-state index contributed by atoms with van der Waals surface area (Å²) < 4.78 is 0. The van der Waals surface area contributed by atoms with Crippen LogP contribution in [-0.4, -0.2) is 25.2 Å². The lowest BCUT2D eigenvalue weighted by Crippen LogP contribution is -2.43. The molecule has 2 aliphatic carbocycles. The van der Waals surface area contributed by atoms with Crippen molar-refractivity contribution in [1.82, 2.24) is 5.32 Å². The highest BCUT2D eigenvalue weighted by molar-refractivity contribution is 8.19. The zero-order chi connectivity index (χ0) is 19.9. The van der Waals surface area contributed by atoms with E-state index in [1.54, 1.807) is 10.6 Å². The summed E-state index contributed by atoms with van der Waals surface area (Å²) >= 11 is 0. The number of amidine groups is 1. The molecule has 0 atom stereocenters. The Labute approximate surface area is 178 Å². The van der Waals surface area contributed by atoms with Gasteiger partial charge in [0.25, 0.3) is 0 Å². The Kier molecular flexibility index (Phi) is 7.08. The summed E-state index contributed by atoms with van der Waals surface area (Å²) in [6.45, 7) is 0. The second-order valence-electron chi connectivity index (χ2n) is 8.23. The molecule has 0 aromatic heterocycles. The van der Waals surface area contributed by atoms with Crippen molar-refractivity contribution in [3.8, 4) is 0 Å². The van der Waals surface area contributed by atoms with Gasteiger partial charge in [0.2, 0.25) is 5.58 Å². The second-order valence-corrected chi connectivity index (χ2v) is 10.4. The molecule has 2 aromatic carbocycles. The van der Waals surface area contributed by atoms with Gasteiger partial charge in [0.05, 0.1) is 16.7 Å². The summed E-state index contributed by atoms with van der Waals surface area (Å²) in [5, 5.41) is 7.19. The Hall–Kier alpha value is -1.60. The third kappa shape index (κ3) is 4.94. The Morgan fingerprint density at radius 1 is 0.724 bits per heavy atom. The van der Waals surface area contributed by atoms with Crippen LogP contribution in [0, 0.1) is 0 Å². The molecule has 0 heterocycles. The molecule has 2 fully saturated rings. The van der Waals surface area contributed by atoms with Gasteiger partial charge in [0.1, 0.15) is 7.57 Å². The van der Waals surface area contributed by atoms with Crippen LogP contribution >= 0.6 is 7.14 Å². The highest BCUT2D eigenvalue weighted by Crippen LogP contribution is 2.53. The summed E-state index contributed by atoms with van der Waals surface area (Å²) in [7, 11) is -1.53. The van der Waals surface area contributed by atoms with E-state index in [0.29, 0.717) is 12.1 Å². The van der Waals surface area contributed by atoms with E-state index in [0.717, 1.165) is 0 Å². The molecule has 0 aliphatic heterocycles. The predicted molar refractivity (Wildman–Crippen MR) is 133 cm³/mol. The lowest BCUT2D eigenvalue weighted by molar-refractivity contribution is 0.410. The first-order chi connectivity index (χ1) is 14.3. The van der Waals surface area contributed by atoms with E-state index >= 15 is 0 Å². The molecule has 2 aromatic rings. The zero-order valence-electron chi connectivity index (χ0n) is 16.9. The number of hydrogen-bond donors (Lipinski definition) is 1. The van der Waals surface area contributed by atoms with Crippen LogP contribution in [0.25, 0.3) is 0 Å². The van der Waals surface area contributed by atoms with Crippen LogP contribution in [0.1, 0.15) is 64.2 Å². The first-order valence-corrected chi connectivity index (χ1v) is 12.5. The maximum Gasteiger partial charge on any atom is 0.210 e. The molecule has 0 bridgehead atoms. The van der Waals surface area contributed by atoms with E-state index in [-0.39, 0.29) is 7.57 Å². The number of aliphatic imine (C=N–C) groups is 1. The molecule has 4 rings (SSSR count). The van der Waals surface area contributed by atoms with E-state index in [1.807, 2.05) is 0 Å². The SMILES string of the molecule is [BH3-][P+](C(=NC1CCCCC1)NC1CCCCC1)(c1ccccc1)c1ccccc1. The van der Waals surface area contributed by atoms with Gasteiger partial charge in [-0.3, -0.25) is 0 Å². The summed E-state index contributed by atoms with van der Waals surface area (Å²) in [6.07, 6.45) is 13.4. The maximum atomic E-state index is 5.57. The van der Waals surface area contributed by atoms with Gasteiger partial charge >= 0.3 is 0 Å². The molecule has 4 heteroatoms. The first-order valence-electron chi connectivity index (χ1n) is 11.1. The Bertz CT molecular complexity index is 741. The van der Waals surface area contributed by atoms with Gasteiger partial charge in [0.15, 0.2) is 0 Å². The average Bonchev–Trinajstić information content (AvgIpc) is 2.81. The van der Waals surface area contributed by atoms with Crippen LogP contribution in [-0.2, 0) is 0 Å². The molecule has 0 amide bonds. The Morgan fingerprint density at radius 3 is 1.72 bits per heavy atom. The van der Waals surface area contributed by atoms with E-state index in [2.05, 4.69) is 66.0 Å². The van der Waals surface area contributed by atoms with Crippen LogP contribution in [0.5, 0.6) is 0 Å². The van der Waals surface area contributed by atoms with Gasteiger partial charge < -0.3 is 5.32 Å². The number of benzene rings is 2. The predicted octanol–water partition coefficient (Wildman–Crippen LogP) is 4.55. The molecule has 2 nitrogen and oxygen atoms in total. The van der Waals surface area contributed by atoms with Gasteiger partial charge in [-0.1, -0.05) is 74.9 Å². The lowest BCUT2D eigenvalue weighted by Gasteiger charge is -2.35. The van der Waals surface area contributed by atoms with E-state index in [9.17, 15) is 0 Å². The topological polar surface area (TPSA) is 24.4 Å². The minimum atomic E-state index is -1.53. The van der Waals surface area contributed by atoms with Crippen molar-refractivity contribution in [1.29, 1.82) is 0 Å². The fraction of sp³-hybridized carbons (Fsp3) is 0.480. The van der Waals surface area contributed by atoms with Crippen molar-refractivity contribution in [2.45, 2.75) is 76.3 Å². The summed E-state index contributed by atoms with van der Waals surface area (Å²) in [6, 6.07) is 23.9. The van der Waals surface area contributed by atoms with Gasteiger partial charge in [-0.05, 0) is 57.1 Å².